The van der Waals surface area contributed by atoms with Crippen molar-refractivity contribution in [2.24, 2.45) is 0 Å². The van der Waals surface area contributed by atoms with Gasteiger partial charge in [-0.2, -0.15) is 0 Å². The standard InChI is InChI=1S/C23H22F2N6O.C15H16ClFN4O.C14H18BFN2O2.C13H18BN3O2.C12H24B2O4.C8H6BrFN2/c1-13-11-31-12-14(8-17(24)20(31)27-13)18-9-16-19(10-26-18)28-22(29-21(16)32)23(25)4-6-30(7-5-23)15-2-3-15;16-12-7-10-11(8-18-12)19-14(20-13(10)22)15(17)3-5-21(6-4-15)9-1-2-9;1-9-7-18-8-10(6-11(16)12(18)17-9)15-19-13(2,3)14(4,5)20-15;1-9-7-17-8-10(6-15-11(17)16-9)14-18-12(2,3)13(4,5)19-14;1-9(2)10(3,4)16-13(15-9)14-17-11(5,6)12(7,8)18-14;1-5-3-12-4-6(9)2-7(10)8(12)11-5/h8-12,15H,2-7H2,1H3,(H,28,29,32);7-9H,1-6H2,(H,19,20,22);6-8H,1-5H3;6-8H,1-5H3;1-8H3;2-4H,1H3. The summed E-state index contributed by atoms with van der Waals surface area (Å²) in [7, 11) is -1.90. The van der Waals surface area contributed by atoms with Gasteiger partial charge in [-0.1, -0.05) is 11.6 Å². The highest BCUT2D eigenvalue weighted by molar-refractivity contribution is 9.10. The van der Waals surface area contributed by atoms with Gasteiger partial charge in [0.15, 0.2) is 45.7 Å². The maximum atomic E-state index is 15.7. The molecule has 2 N–H and O–H groups in total. The number of piperidine rings is 2. The van der Waals surface area contributed by atoms with Gasteiger partial charge in [0.1, 0.15) is 16.8 Å². The molecule has 8 aliphatic rings. The highest BCUT2D eigenvalue weighted by Crippen LogP contribution is 2.46. The molecule has 0 atom stereocenters. The third-order valence-corrected chi connectivity index (χ3v) is 26.4. The monoisotopic (exact) mass is 1780 g/mol. The first-order chi connectivity index (χ1) is 57.5. The third kappa shape index (κ3) is 18.5. The van der Waals surface area contributed by atoms with E-state index in [4.69, 9.17) is 48.8 Å². The number of fused-ring (bicyclic) bond motifs is 6. The Morgan fingerprint density at radius 2 is 0.789 bits per heavy atom. The van der Waals surface area contributed by atoms with Crippen LogP contribution in [0.15, 0.2) is 113 Å². The van der Waals surface area contributed by atoms with E-state index in [9.17, 15) is 22.8 Å². The predicted octanol–water partition coefficient (Wildman–Crippen LogP) is 14.1. The van der Waals surface area contributed by atoms with Crippen molar-refractivity contribution in [1.29, 1.82) is 0 Å². The Morgan fingerprint density at radius 3 is 1.24 bits per heavy atom. The van der Waals surface area contributed by atoms with E-state index < -0.39 is 55.1 Å². The Bertz CT molecular complexity index is 6040. The van der Waals surface area contributed by atoms with E-state index in [1.54, 1.807) is 69.6 Å². The zero-order valence-electron chi connectivity index (χ0n) is 73.1. The molecule has 38 heteroatoms. The van der Waals surface area contributed by atoms with Crippen LogP contribution in [0.5, 0.6) is 0 Å². The quantitative estimate of drug-likeness (QED) is 0.0812. The van der Waals surface area contributed by atoms with Gasteiger partial charge >= 0.3 is 28.3 Å². The number of H-pyrrole nitrogens is 2. The molecule has 12 aromatic rings. The smallest absolute Gasteiger partial charge is 0.405 e. The summed E-state index contributed by atoms with van der Waals surface area (Å²) in [6.45, 7) is 42.4. The number of likely N-dealkylation sites (tertiary alicyclic amines) is 2. The summed E-state index contributed by atoms with van der Waals surface area (Å²) in [5.74, 6) is -0.275. The minimum atomic E-state index is -1.65. The molecule has 18 heterocycles. The summed E-state index contributed by atoms with van der Waals surface area (Å²) in [4.78, 5) is 72.9. The van der Waals surface area contributed by atoms with E-state index >= 15 is 8.78 Å². The van der Waals surface area contributed by atoms with Gasteiger partial charge < -0.3 is 70.2 Å². The first-order valence-corrected chi connectivity index (χ1v) is 42.8. The number of hydrogen-bond donors (Lipinski definition) is 2. The van der Waals surface area contributed by atoms with Gasteiger partial charge in [-0.15, -0.1) is 0 Å². The number of pyridine rings is 5. The molecule has 8 fully saturated rings. The first-order valence-electron chi connectivity index (χ1n) is 41.6. The molecular weight excluding hydrogens is 1670 g/mol. The number of nitrogens with zero attached hydrogens (tertiary/aromatic N) is 15. The van der Waals surface area contributed by atoms with E-state index in [2.05, 4.69) is 80.6 Å². The van der Waals surface area contributed by atoms with Crippen LogP contribution in [0.1, 0.15) is 197 Å². The van der Waals surface area contributed by atoms with Crippen molar-refractivity contribution in [3.05, 3.63) is 181 Å². The molecule has 12 aromatic heterocycles. The van der Waals surface area contributed by atoms with Gasteiger partial charge in [-0.05, 0) is 210 Å². The number of halogens is 7. The van der Waals surface area contributed by atoms with Crippen LogP contribution in [-0.4, -0.2) is 194 Å². The average molecular weight is 1780 g/mol. The molecule has 123 heavy (non-hydrogen) atoms. The van der Waals surface area contributed by atoms with Gasteiger partial charge in [0.25, 0.3) is 11.1 Å². The van der Waals surface area contributed by atoms with E-state index in [1.165, 1.54) is 62.3 Å². The molecule has 6 saturated heterocycles. The van der Waals surface area contributed by atoms with Crippen LogP contribution in [-0.2, 0) is 48.6 Å². The fourth-order valence-electron chi connectivity index (χ4n) is 15.4. The average Bonchev–Trinajstić information content (AvgIpc) is 1.53. The number of alkyl halides is 2. The lowest BCUT2D eigenvalue weighted by atomic mass is 9.49. The number of rotatable bonds is 8. The second-order valence-electron chi connectivity index (χ2n) is 37.4. The number of hydrogen-bond acceptors (Lipinski definition) is 21. The van der Waals surface area contributed by atoms with Crippen molar-refractivity contribution < 1.29 is 59.2 Å². The Hall–Kier alpha value is -8.45. The van der Waals surface area contributed by atoms with Crippen molar-refractivity contribution in [3.8, 4) is 11.3 Å². The highest BCUT2D eigenvalue weighted by atomic mass is 79.9. The molecule has 0 aromatic carbocycles. The molecular formula is C85H104B4BrClF5N17O10. The van der Waals surface area contributed by atoms with Crippen molar-refractivity contribution in [1.82, 2.24) is 82.2 Å². The summed E-state index contributed by atoms with van der Waals surface area (Å²) in [5.41, 5.74) is 0.366. The molecule has 0 unspecified atom stereocenters. The molecule has 650 valence electrons. The molecule has 0 radical (unpaired) electrons. The Balaban J connectivity index is 0.000000117. The van der Waals surface area contributed by atoms with Crippen LogP contribution < -0.4 is 22.0 Å². The molecule has 0 amide bonds. The molecule has 0 bridgehead atoms. The Labute approximate surface area is 724 Å². The van der Waals surface area contributed by atoms with Crippen molar-refractivity contribution in [3.63, 3.8) is 0 Å². The van der Waals surface area contributed by atoms with Gasteiger partial charge in [0.05, 0.1) is 107 Å². The summed E-state index contributed by atoms with van der Waals surface area (Å²) in [5, 5.41) is 0.850. The third-order valence-electron chi connectivity index (χ3n) is 25.7. The topological polar surface area (TPSA) is 280 Å². The summed E-state index contributed by atoms with van der Waals surface area (Å²) >= 11 is 8.99. The number of imidazole rings is 4. The number of aromatic nitrogens is 15. The molecule has 6 aliphatic heterocycles. The molecule has 2 aliphatic carbocycles. The lowest BCUT2D eigenvalue weighted by Gasteiger charge is -2.35. The molecule has 20 rings (SSSR count). The zero-order valence-corrected chi connectivity index (χ0v) is 75.5. The van der Waals surface area contributed by atoms with E-state index in [-0.39, 0.29) is 80.4 Å². The fraction of sp³-hybridized carbons (Fsp3) is 0.518. The normalized spacial score (nSPS) is 21.3. The highest BCUT2D eigenvalue weighted by Gasteiger charge is 2.64. The lowest BCUT2D eigenvalue weighted by molar-refractivity contribution is 0.00578. The predicted molar refractivity (Wildman–Crippen MR) is 466 cm³/mol. The van der Waals surface area contributed by atoms with Crippen LogP contribution >= 0.6 is 27.5 Å². The van der Waals surface area contributed by atoms with Gasteiger partial charge in [-0.3, -0.25) is 19.0 Å². The summed E-state index contributed by atoms with van der Waals surface area (Å²) in [6.07, 6.45) is 25.3. The first kappa shape index (κ1) is 89.4. The minimum absolute atomic E-state index is 0.0707. The molecule has 0 spiro atoms. The van der Waals surface area contributed by atoms with E-state index in [0.29, 0.717) is 130 Å². The maximum Gasteiger partial charge on any atom is 0.497 e. The minimum Gasteiger partial charge on any atom is -0.405 e. The molecule has 2 saturated carbocycles. The maximum absolute atomic E-state index is 15.7. The second-order valence-corrected chi connectivity index (χ2v) is 38.7. The van der Waals surface area contributed by atoms with Gasteiger partial charge in [-0.25, -0.2) is 61.8 Å². The van der Waals surface area contributed by atoms with Crippen LogP contribution in [0.3, 0.4) is 0 Å². The largest absolute Gasteiger partial charge is 0.497 e. The summed E-state index contributed by atoms with van der Waals surface area (Å²) in [6, 6.07) is 8.44. The fourth-order valence-corrected chi connectivity index (χ4v) is 16.0. The van der Waals surface area contributed by atoms with Crippen LogP contribution in [0.2, 0.25) is 5.15 Å². The van der Waals surface area contributed by atoms with Crippen LogP contribution in [0.25, 0.3) is 55.8 Å². The second kappa shape index (κ2) is 32.8. The molecule has 27 nitrogen and oxygen atoms in total. The Kier molecular flexibility index (Phi) is 23.8. The SMILES string of the molecule is CC1(C)OB(B2OC(C)(C)C(C)(C)O2)OC1(C)C.Cc1cn2cc(-c3cc4c(=O)[nH]c(C5(F)CCN(C6CC6)CC5)nc4cn3)cc(F)c2n1.Cc1cn2cc(B3OC(C)(C)C(C)(C)O3)cc(F)c2n1.Cc1cn2cc(B3OC(C)(C)C(C)(C)O3)cnc2n1.Cc1cn2cc(Br)cc(F)c2n1.O=c1[nH]c(C2(F)CCN(C3CC3)CC2)nc2cnc(Cl)cc12. The van der Waals surface area contributed by atoms with Crippen LogP contribution in [0.4, 0.5) is 22.0 Å². The van der Waals surface area contributed by atoms with Crippen molar-refractivity contribution in [2.45, 2.75) is 258 Å². The number of nitrogens with one attached hydrogen (secondary N) is 2. The number of aromatic amines is 2. The zero-order chi connectivity index (χ0) is 88.6. The van der Waals surface area contributed by atoms with Crippen molar-refractivity contribution in [2.75, 3.05) is 26.2 Å². The van der Waals surface area contributed by atoms with Crippen molar-refractivity contribution >= 4 is 111 Å². The summed E-state index contributed by atoms with van der Waals surface area (Å²) < 4.78 is 128. The number of aryl methyl sites for hydroxylation is 4. The Morgan fingerprint density at radius 1 is 0.423 bits per heavy atom. The van der Waals surface area contributed by atoms with Crippen LogP contribution in [0, 0.1) is 45.1 Å². The van der Waals surface area contributed by atoms with E-state index in [1.807, 2.05) is 148 Å². The lowest BCUT2D eigenvalue weighted by Crippen LogP contribution is -2.42. The van der Waals surface area contributed by atoms with Gasteiger partial charge in [0, 0.05) is 141 Å². The van der Waals surface area contributed by atoms with Gasteiger partial charge in [0.2, 0.25) is 5.78 Å². The van der Waals surface area contributed by atoms with E-state index in [0.717, 1.165) is 22.5 Å².